The second kappa shape index (κ2) is 8.79. The number of sulfonamides is 1. The number of nitrogens with zero attached hydrogens (tertiary/aromatic N) is 1. The fourth-order valence-corrected chi connectivity index (χ4v) is 4.26. The fraction of sp³-hybridized carbons (Fsp3) is 0.136. The molecule has 29 heavy (non-hydrogen) atoms. The summed E-state index contributed by atoms with van der Waals surface area (Å²) >= 11 is 0. The van der Waals surface area contributed by atoms with E-state index in [2.05, 4.69) is 5.32 Å². The monoisotopic (exact) mass is 410 g/mol. The smallest absolute Gasteiger partial charge is 0.264 e. The van der Waals surface area contributed by atoms with Crippen LogP contribution < -0.4 is 14.4 Å². The molecule has 0 aliphatic carbocycles. The Labute approximate surface area is 170 Å². The summed E-state index contributed by atoms with van der Waals surface area (Å²) in [7, 11) is -2.41. The highest BCUT2D eigenvalue weighted by Crippen LogP contribution is 2.26. The van der Waals surface area contributed by atoms with Crippen LogP contribution >= 0.6 is 0 Å². The number of hydrogen-bond donors (Lipinski definition) is 1. The molecule has 0 atom stereocenters. The van der Waals surface area contributed by atoms with Crippen molar-refractivity contribution in [1.82, 2.24) is 0 Å². The second-order valence-corrected chi connectivity index (χ2v) is 8.25. The number of methoxy groups -OCH3 is 1. The van der Waals surface area contributed by atoms with Gasteiger partial charge in [0.1, 0.15) is 12.3 Å². The third-order valence-corrected chi connectivity index (χ3v) is 6.19. The number of aryl methyl sites for hydroxylation is 1. The number of para-hydroxylation sites is 1. The number of carbonyl (C=O) groups excluding carboxylic acids is 1. The number of hydrogen-bond acceptors (Lipinski definition) is 4. The largest absolute Gasteiger partial charge is 0.497 e. The maximum absolute atomic E-state index is 13.3. The lowest BCUT2D eigenvalue weighted by Crippen LogP contribution is -2.38. The molecule has 0 fully saturated rings. The Morgan fingerprint density at radius 3 is 2.17 bits per heavy atom. The first-order chi connectivity index (χ1) is 13.9. The molecule has 0 aromatic heterocycles. The molecule has 0 spiro atoms. The number of rotatable bonds is 7. The lowest BCUT2D eigenvalue weighted by molar-refractivity contribution is -0.114. The quantitative estimate of drug-likeness (QED) is 0.642. The summed E-state index contributed by atoms with van der Waals surface area (Å²) in [5, 5.41) is 2.79. The Morgan fingerprint density at radius 2 is 1.55 bits per heavy atom. The van der Waals surface area contributed by atoms with E-state index in [1.165, 1.54) is 19.2 Å². The third kappa shape index (κ3) is 4.75. The van der Waals surface area contributed by atoms with Crippen LogP contribution in [0.15, 0.2) is 83.8 Å². The minimum atomic E-state index is -3.94. The number of anilines is 2. The average Bonchev–Trinajstić information content (AvgIpc) is 2.74. The van der Waals surface area contributed by atoms with Gasteiger partial charge in [-0.05, 0) is 55.0 Å². The average molecular weight is 410 g/mol. The third-order valence-electron chi connectivity index (χ3n) is 4.40. The Bertz CT molecular complexity index is 1080. The van der Waals surface area contributed by atoms with E-state index in [1.54, 1.807) is 48.5 Å². The molecule has 3 aromatic carbocycles. The molecule has 3 rings (SSSR count). The molecular formula is C22H22N2O4S. The van der Waals surface area contributed by atoms with E-state index in [0.29, 0.717) is 17.1 Å². The van der Waals surface area contributed by atoms with Crippen LogP contribution in [0.3, 0.4) is 0 Å². The minimum absolute atomic E-state index is 0.111. The van der Waals surface area contributed by atoms with Crippen molar-refractivity contribution in [2.24, 2.45) is 0 Å². The lowest BCUT2D eigenvalue weighted by Gasteiger charge is -2.24. The van der Waals surface area contributed by atoms with Crippen molar-refractivity contribution in [3.8, 4) is 5.75 Å². The van der Waals surface area contributed by atoms with E-state index in [-0.39, 0.29) is 11.4 Å². The van der Waals surface area contributed by atoms with Crippen molar-refractivity contribution in [3.05, 3.63) is 84.4 Å². The number of amides is 1. The van der Waals surface area contributed by atoms with Crippen molar-refractivity contribution in [2.45, 2.75) is 11.8 Å². The van der Waals surface area contributed by atoms with Crippen molar-refractivity contribution < 1.29 is 17.9 Å². The van der Waals surface area contributed by atoms with Crippen LogP contribution in [0.4, 0.5) is 11.4 Å². The molecule has 0 aliphatic rings. The van der Waals surface area contributed by atoms with Crippen molar-refractivity contribution in [2.75, 3.05) is 23.3 Å². The van der Waals surface area contributed by atoms with Gasteiger partial charge in [-0.1, -0.05) is 36.4 Å². The van der Waals surface area contributed by atoms with E-state index in [0.717, 1.165) is 9.87 Å². The molecule has 0 saturated carbocycles. The van der Waals surface area contributed by atoms with Crippen LogP contribution in [0, 0.1) is 6.92 Å². The van der Waals surface area contributed by atoms with Gasteiger partial charge in [-0.25, -0.2) is 8.42 Å². The molecule has 150 valence electrons. The zero-order chi connectivity index (χ0) is 20.9. The topological polar surface area (TPSA) is 75.7 Å². The predicted molar refractivity (Wildman–Crippen MR) is 114 cm³/mol. The van der Waals surface area contributed by atoms with Crippen LogP contribution in [0.2, 0.25) is 0 Å². The summed E-state index contributed by atoms with van der Waals surface area (Å²) in [6.45, 7) is 1.51. The molecule has 0 aliphatic heterocycles. The fourth-order valence-electron chi connectivity index (χ4n) is 2.82. The second-order valence-electron chi connectivity index (χ2n) is 6.39. The van der Waals surface area contributed by atoms with Crippen molar-refractivity contribution >= 4 is 27.3 Å². The zero-order valence-corrected chi connectivity index (χ0v) is 17.0. The first-order valence-electron chi connectivity index (χ1n) is 8.99. The molecule has 0 bridgehead atoms. The van der Waals surface area contributed by atoms with Crippen LogP contribution in [0.1, 0.15) is 5.56 Å². The Kier molecular flexibility index (Phi) is 6.19. The normalized spacial score (nSPS) is 11.0. The highest BCUT2D eigenvalue weighted by molar-refractivity contribution is 7.92. The summed E-state index contributed by atoms with van der Waals surface area (Å²) < 4.78 is 32.8. The van der Waals surface area contributed by atoms with E-state index < -0.39 is 15.9 Å². The highest BCUT2D eigenvalue weighted by Gasteiger charge is 2.27. The first-order valence-corrected chi connectivity index (χ1v) is 10.4. The predicted octanol–water partition coefficient (Wildman–Crippen LogP) is 3.84. The standard InChI is InChI=1S/C22H22N2O4S/c1-17-8-6-7-11-21(17)23-22(25)16-24(18-12-14-19(28-2)15-13-18)29(26,27)20-9-4-3-5-10-20/h3-15H,16H2,1-2H3,(H,23,25). The van der Waals surface area contributed by atoms with Crippen molar-refractivity contribution in [1.29, 1.82) is 0 Å². The van der Waals surface area contributed by atoms with Crippen LogP contribution in [-0.4, -0.2) is 28.0 Å². The summed E-state index contributed by atoms with van der Waals surface area (Å²) in [6.07, 6.45) is 0. The maximum Gasteiger partial charge on any atom is 0.264 e. The molecular weight excluding hydrogens is 388 g/mol. The summed E-state index contributed by atoms with van der Waals surface area (Å²) in [4.78, 5) is 12.8. The van der Waals surface area contributed by atoms with Gasteiger partial charge < -0.3 is 10.1 Å². The van der Waals surface area contributed by atoms with E-state index in [9.17, 15) is 13.2 Å². The van der Waals surface area contributed by atoms with Gasteiger partial charge in [0.15, 0.2) is 0 Å². The molecule has 1 N–H and O–H groups in total. The van der Waals surface area contributed by atoms with Crippen molar-refractivity contribution in [3.63, 3.8) is 0 Å². The molecule has 6 nitrogen and oxygen atoms in total. The van der Waals surface area contributed by atoms with Crippen LogP contribution in [0.25, 0.3) is 0 Å². The van der Waals surface area contributed by atoms with Gasteiger partial charge in [0.05, 0.1) is 17.7 Å². The van der Waals surface area contributed by atoms with Gasteiger partial charge in [0, 0.05) is 5.69 Å². The molecule has 3 aromatic rings. The maximum atomic E-state index is 13.3. The molecule has 0 saturated heterocycles. The van der Waals surface area contributed by atoms with Gasteiger partial charge in [0.25, 0.3) is 10.0 Å². The Balaban J connectivity index is 1.94. The van der Waals surface area contributed by atoms with E-state index in [1.807, 2.05) is 25.1 Å². The van der Waals surface area contributed by atoms with E-state index in [4.69, 9.17) is 4.74 Å². The first kappa shape index (κ1) is 20.4. The molecule has 0 unspecified atom stereocenters. The Hall–Kier alpha value is -3.32. The molecule has 1 amide bonds. The van der Waals surface area contributed by atoms with Gasteiger partial charge in [0.2, 0.25) is 5.91 Å². The SMILES string of the molecule is COc1ccc(N(CC(=O)Nc2ccccc2C)S(=O)(=O)c2ccccc2)cc1. The van der Waals surface area contributed by atoms with Gasteiger partial charge in [-0.2, -0.15) is 0 Å². The molecule has 0 radical (unpaired) electrons. The van der Waals surface area contributed by atoms with Crippen LogP contribution in [0.5, 0.6) is 5.75 Å². The number of benzene rings is 3. The number of ether oxygens (including phenoxy) is 1. The lowest BCUT2D eigenvalue weighted by atomic mass is 10.2. The Morgan fingerprint density at radius 1 is 0.931 bits per heavy atom. The number of nitrogens with one attached hydrogen (secondary N) is 1. The van der Waals surface area contributed by atoms with Gasteiger partial charge in [-0.3, -0.25) is 9.10 Å². The van der Waals surface area contributed by atoms with E-state index >= 15 is 0 Å². The summed E-state index contributed by atoms with van der Waals surface area (Å²) in [5.41, 5.74) is 1.90. The van der Waals surface area contributed by atoms with Gasteiger partial charge in [-0.15, -0.1) is 0 Å². The molecule has 0 heterocycles. The summed E-state index contributed by atoms with van der Waals surface area (Å²) in [6, 6.07) is 21.9. The molecule has 7 heteroatoms. The minimum Gasteiger partial charge on any atom is -0.497 e. The van der Waals surface area contributed by atoms with Crippen LogP contribution in [-0.2, 0) is 14.8 Å². The number of carbonyl (C=O) groups is 1. The summed E-state index contributed by atoms with van der Waals surface area (Å²) in [5.74, 6) is 0.157. The van der Waals surface area contributed by atoms with Gasteiger partial charge >= 0.3 is 0 Å². The zero-order valence-electron chi connectivity index (χ0n) is 16.2. The highest BCUT2D eigenvalue weighted by atomic mass is 32.2.